The number of ether oxygens (including phenoxy) is 1. The number of rotatable bonds is 16. The zero-order chi connectivity index (χ0) is 29.6. The lowest BCUT2D eigenvalue weighted by Gasteiger charge is -2.38. The zero-order valence-corrected chi connectivity index (χ0v) is 29.5. The van der Waals surface area contributed by atoms with Crippen LogP contribution in [-0.4, -0.2) is 61.4 Å². The number of halogens is 3. The molecule has 1 aliphatic heterocycles. The highest BCUT2D eigenvalue weighted by molar-refractivity contribution is 14.1. The molecule has 0 spiro atoms. The topological polar surface area (TPSA) is 60.0 Å². The van der Waals surface area contributed by atoms with Gasteiger partial charge in [-0.05, 0) is 89.0 Å². The summed E-state index contributed by atoms with van der Waals surface area (Å²) in [4.78, 5) is 15.1. The molecule has 1 amide bonds. The number of benzene rings is 2. The Balaban J connectivity index is 1.54. The van der Waals surface area contributed by atoms with Gasteiger partial charge in [0.1, 0.15) is 46.8 Å². The molecular formula is C30H37BrClIN2O4S2. The van der Waals surface area contributed by atoms with Gasteiger partial charge in [-0.15, -0.1) is 18.2 Å². The van der Waals surface area contributed by atoms with E-state index in [2.05, 4.69) is 70.0 Å². The van der Waals surface area contributed by atoms with E-state index < -0.39 is 0 Å². The normalized spacial score (nSPS) is 20.6. The minimum atomic E-state index is -0.198. The number of hydrogen-bond donors (Lipinski definition) is 1. The number of carbonyl (C=O) groups is 1. The zero-order valence-electron chi connectivity index (χ0n) is 23.3. The molecule has 2 aromatic rings. The summed E-state index contributed by atoms with van der Waals surface area (Å²) >= 11 is 6.73. The summed E-state index contributed by atoms with van der Waals surface area (Å²) in [5.74, 6) is 2.70. The van der Waals surface area contributed by atoms with Crippen LogP contribution < -0.4 is 5.32 Å². The summed E-state index contributed by atoms with van der Waals surface area (Å²) in [6.45, 7) is 1.96. The standard InChI is InChI=1S/C30H37BrClIN2O4S2/c1-4-16-35(2)17-15-34-28(36)8-6-5-7-21-9-11-22(12-10-21)18-24-19-23(13-14-27(24)41-32)29-25(39-33)20-26(38-31)30(37-29)40-3/h1,9-14,19,25-26,29-30H,5-8,15-18,20H2,2-3H3,(H,34,36)/t25-,26+,29+,30-/m1/s1. The fourth-order valence-corrected chi connectivity index (χ4v) is 7.27. The number of carbonyl (C=O) groups excluding carboxylic acids is 1. The van der Waals surface area contributed by atoms with Gasteiger partial charge < -0.3 is 16.9 Å². The number of hydrogen-bond acceptors (Lipinski definition) is 7. The van der Waals surface area contributed by atoms with Crippen molar-refractivity contribution in [3.05, 3.63) is 64.7 Å². The van der Waals surface area contributed by atoms with Crippen molar-refractivity contribution in [1.29, 1.82) is 0 Å². The lowest BCUT2D eigenvalue weighted by atomic mass is 9.94. The summed E-state index contributed by atoms with van der Waals surface area (Å²) in [5.41, 5.74) is 4.62. The van der Waals surface area contributed by atoms with Crippen molar-refractivity contribution in [1.82, 2.24) is 10.2 Å². The van der Waals surface area contributed by atoms with Gasteiger partial charge in [0.15, 0.2) is 0 Å². The molecule has 1 heterocycles. The highest BCUT2D eigenvalue weighted by Gasteiger charge is 2.40. The fourth-order valence-electron chi connectivity index (χ4n) is 4.80. The second-order valence-corrected chi connectivity index (χ2v) is 13.0. The molecule has 1 aliphatic rings. The highest BCUT2D eigenvalue weighted by atomic mass is 127. The van der Waals surface area contributed by atoms with Gasteiger partial charge in [0.2, 0.25) is 5.91 Å². The van der Waals surface area contributed by atoms with Gasteiger partial charge in [0.25, 0.3) is 0 Å². The third-order valence-electron chi connectivity index (χ3n) is 7.06. The molecule has 6 nitrogen and oxygen atoms in total. The minimum Gasteiger partial charge on any atom is -0.355 e. The number of nitrogens with one attached hydrogen (secondary N) is 1. The summed E-state index contributed by atoms with van der Waals surface area (Å²) < 4.78 is 17.7. The van der Waals surface area contributed by atoms with Crippen LogP contribution >= 0.6 is 72.7 Å². The first-order valence-corrected chi connectivity index (χ1v) is 18.0. The Morgan fingerprint density at radius 3 is 2.66 bits per heavy atom. The van der Waals surface area contributed by atoms with E-state index in [0.717, 1.165) is 54.7 Å². The maximum absolute atomic E-state index is 12.1. The van der Waals surface area contributed by atoms with Gasteiger partial charge in [-0.2, -0.15) is 0 Å². The van der Waals surface area contributed by atoms with Crippen LogP contribution in [0.5, 0.6) is 0 Å². The maximum Gasteiger partial charge on any atom is 0.220 e. The third kappa shape index (κ3) is 11.2. The summed E-state index contributed by atoms with van der Waals surface area (Å²) in [7, 11) is 9.43. The number of amides is 1. The van der Waals surface area contributed by atoms with Crippen molar-refractivity contribution in [2.45, 2.75) is 67.2 Å². The molecule has 0 aromatic heterocycles. The second-order valence-electron chi connectivity index (χ2n) is 10.1. The maximum atomic E-state index is 12.1. The van der Waals surface area contributed by atoms with Crippen molar-refractivity contribution < 1.29 is 16.4 Å². The Bertz CT molecular complexity index is 1140. The molecule has 1 saturated heterocycles. The Kier molecular flexibility index (Phi) is 16.2. The first-order chi connectivity index (χ1) is 19.9. The number of likely N-dealkylation sites (N-methyl/N-ethyl adjacent to an activating group) is 1. The lowest BCUT2D eigenvalue weighted by molar-refractivity contribution is -0.121. The van der Waals surface area contributed by atoms with Crippen molar-refractivity contribution in [2.24, 2.45) is 0 Å². The Hall–Kier alpha value is -0.490. The van der Waals surface area contributed by atoms with Crippen molar-refractivity contribution in [3.8, 4) is 12.3 Å². The highest BCUT2D eigenvalue weighted by Crippen LogP contribution is 2.41. The summed E-state index contributed by atoms with van der Waals surface area (Å²) in [6.07, 6.45) is 11.7. The number of aryl methyl sites for hydroxylation is 1. The fraction of sp³-hybridized carbons (Fsp3) is 0.500. The monoisotopic (exact) mass is 794 g/mol. The van der Waals surface area contributed by atoms with Crippen molar-refractivity contribution in [2.75, 3.05) is 32.9 Å². The van der Waals surface area contributed by atoms with E-state index in [1.54, 1.807) is 11.8 Å². The van der Waals surface area contributed by atoms with E-state index in [-0.39, 0.29) is 29.7 Å². The predicted molar refractivity (Wildman–Crippen MR) is 183 cm³/mol. The Labute approximate surface area is 280 Å². The Morgan fingerprint density at radius 2 is 2.00 bits per heavy atom. The van der Waals surface area contributed by atoms with Gasteiger partial charge in [0, 0.05) is 30.8 Å². The molecule has 41 heavy (non-hydrogen) atoms. The van der Waals surface area contributed by atoms with Gasteiger partial charge >= 0.3 is 0 Å². The van der Waals surface area contributed by atoms with Gasteiger partial charge in [-0.1, -0.05) is 42.3 Å². The van der Waals surface area contributed by atoms with Crippen LogP contribution in [-0.2, 0) is 29.3 Å². The number of unbranched alkanes of at least 4 members (excludes halogenated alkanes) is 1. The van der Waals surface area contributed by atoms with Crippen LogP contribution in [0.25, 0.3) is 0 Å². The average molecular weight is 796 g/mol. The molecule has 0 radical (unpaired) electrons. The molecular weight excluding hydrogens is 759 g/mol. The summed E-state index contributed by atoms with van der Waals surface area (Å²) in [5, 5.41) is 2.97. The van der Waals surface area contributed by atoms with E-state index >= 15 is 0 Å². The third-order valence-corrected chi connectivity index (χ3v) is 10.1. The van der Waals surface area contributed by atoms with Gasteiger partial charge in [0.05, 0.1) is 22.8 Å². The molecule has 4 atom stereocenters. The predicted octanol–water partition coefficient (Wildman–Crippen LogP) is 7.50. The van der Waals surface area contributed by atoms with Crippen molar-refractivity contribution >= 4 is 78.6 Å². The Morgan fingerprint density at radius 1 is 1.24 bits per heavy atom. The second kappa shape index (κ2) is 19.0. The van der Waals surface area contributed by atoms with Crippen LogP contribution in [0, 0.1) is 12.3 Å². The van der Waals surface area contributed by atoms with Crippen LogP contribution in [0.2, 0.25) is 0 Å². The van der Waals surface area contributed by atoms with E-state index in [1.165, 1.54) is 22.1 Å². The van der Waals surface area contributed by atoms with Gasteiger partial charge in [-0.25, -0.2) is 0 Å². The molecule has 0 unspecified atom stereocenters. The summed E-state index contributed by atoms with van der Waals surface area (Å²) in [6, 6.07) is 15.1. The number of nitrogens with zero attached hydrogens (tertiary/aromatic N) is 1. The van der Waals surface area contributed by atoms with E-state index in [4.69, 9.17) is 28.7 Å². The largest absolute Gasteiger partial charge is 0.355 e. The number of terminal acetylenes is 1. The smallest absolute Gasteiger partial charge is 0.220 e. The number of thioether (sulfide) groups is 1. The molecule has 0 bridgehead atoms. The molecule has 1 fully saturated rings. The van der Waals surface area contributed by atoms with Crippen molar-refractivity contribution in [3.63, 3.8) is 0 Å². The molecule has 0 aliphatic carbocycles. The molecule has 224 valence electrons. The van der Waals surface area contributed by atoms with E-state index in [9.17, 15) is 4.79 Å². The average Bonchev–Trinajstić information content (AvgIpc) is 2.99. The molecule has 1 N–H and O–H groups in total. The van der Waals surface area contributed by atoms with Crippen LogP contribution in [0.4, 0.5) is 0 Å². The SMILES string of the molecule is C#CCN(C)CCNC(=O)CCCCc1ccc(Cc2cc([C@@H]3O[C@H](SC)[C@@H](OBr)C[C@H]3OI)ccc2SCl)cc1. The van der Waals surface area contributed by atoms with Gasteiger partial charge in [-0.3, -0.25) is 9.69 Å². The minimum absolute atomic E-state index is 0.0920. The molecule has 3 rings (SSSR count). The quantitative estimate of drug-likeness (QED) is 0.107. The van der Waals surface area contributed by atoms with Crippen LogP contribution in [0.1, 0.15) is 54.0 Å². The van der Waals surface area contributed by atoms with E-state index in [0.29, 0.717) is 19.5 Å². The first kappa shape index (κ1) is 35.0. The van der Waals surface area contributed by atoms with Crippen LogP contribution in [0.15, 0.2) is 47.4 Å². The molecule has 2 aromatic carbocycles. The molecule has 0 saturated carbocycles. The first-order valence-electron chi connectivity index (χ1n) is 13.5. The lowest BCUT2D eigenvalue weighted by Crippen LogP contribution is -2.41. The molecule has 11 heteroatoms. The van der Waals surface area contributed by atoms with Crippen LogP contribution in [0.3, 0.4) is 0 Å². The van der Waals surface area contributed by atoms with E-state index in [1.807, 2.05) is 41.2 Å².